The SMILES string of the molecule is CCC/C=C(C)/C(=C\C=C(/C)C(F)(F)F)N=C(C)CCCC. The average molecular weight is 315 g/mol. The highest BCUT2D eigenvalue weighted by molar-refractivity contribution is 5.83. The summed E-state index contributed by atoms with van der Waals surface area (Å²) in [4.78, 5) is 4.52. The maximum absolute atomic E-state index is 12.6. The Morgan fingerprint density at radius 2 is 1.64 bits per heavy atom. The molecule has 0 fully saturated rings. The van der Waals surface area contributed by atoms with Crippen molar-refractivity contribution in [2.24, 2.45) is 4.99 Å². The van der Waals surface area contributed by atoms with Gasteiger partial charge in [-0.1, -0.05) is 38.8 Å². The molecule has 0 amide bonds. The van der Waals surface area contributed by atoms with Crippen molar-refractivity contribution in [3.05, 3.63) is 35.1 Å². The van der Waals surface area contributed by atoms with Crippen molar-refractivity contribution in [3.8, 4) is 0 Å². The molecule has 0 rings (SSSR count). The molecular weight excluding hydrogens is 287 g/mol. The number of unbranched alkanes of at least 4 members (excludes halogenated alkanes) is 2. The third-order valence-electron chi connectivity index (χ3n) is 3.29. The Hall–Kier alpha value is -1.32. The quantitative estimate of drug-likeness (QED) is 0.346. The first-order valence-corrected chi connectivity index (χ1v) is 7.89. The average Bonchev–Trinajstić information content (AvgIpc) is 2.45. The van der Waals surface area contributed by atoms with Crippen molar-refractivity contribution in [3.63, 3.8) is 0 Å². The molecule has 1 nitrogen and oxygen atoms in total. The van der Waals surface area contributed by atoms with E-state index in [0.717, 1.165) is 56.4 Å². The molecule has 22 heavy (non-hydrogen) atoms. The number of hydrogen-bond acceptors (Lipinski definition) is 1. The largest absolute Gasteiger partial charge is 0.412 e. The normalized spacial score (nSPS) is 15.5. The summed E-state index contributed by atoms with van der Waals surface area (Å²) in [6.07, 6.45) is 5.20. The van der Waals surface area contributed by atoms with E-state index in [1.165, 1.54) is 6.08 Å². The van der Waals surface area contributed by atoms with Gasteiger partial charge in [-0.2, -0.15) is 13.2 Å². The lowest BCUT2D eigenvalue weighted by Gasteiger charge is -2.07. The summed E-state index contributed by atoms with van der Waals surface area (Å²) < 4.78 is 37.8. The number of hydrogen-bond donors (Lipinski definition) is 0. The van der Waals surface area contributed by atoms with E-state index in [1.54, 1.807) is 0 Å². The minimum Gasteiger partial charge on any atom is -0.258 e. The molecule has 0 bridgehead atoms. The zero-order valence-corrected chi connectivity index (χ0v) is 14.3. The first kappa shape index (κ1) is 20.7. The summed E-state index contributed by atoms with van der Waals surface area (Å²) in [7, 11) is 0. The Balaban J connectivity index is 5.43. The van der Waals surface area contributed by atoms with E-state index in [9.17, 15) is 13.2 Å². The summed E-state index contributed by atoms with van der Waals surface area (Å²) >= 11 is 0. The Morgan fingerprint density at radius 3 is 2.14 bits per heavy atom. The second kappa shape index (κ2) is 10.4. The van der Waals surface area contributed by atoms with E-state index < -0.39 is 11.7 Å². The second-order valence-electron chi connectivity index (χ2n) is 5.53. The molecule has 4 heteroatoms. The van der Waals surface area contributed by atoms with E-state index in [0.29, 0.717) is 5.70 Å². The van der Waals surface area contributed by atoms with E-state index in [2.05, 4.69) is 18.8 Å². The van der Waals surface area contributed by atoms with Gasteiger partial charge in [0.15, 0.2) is 0 Å². The Bertz CT molecular complexity index is 451. The van der Waals surface area contributed by atoms with Crippen LogP contribution in [-0.4, -0.2) is 11.9 Å². The van der Waals surface area contributed by atoms with Gasteiger partial charge in [0, 0.05) is 11.3 Å². The predicted molar refractivity (Wildman–Crippen MR) is 89.2 cm³/mol. The fraction of sp³-hybridized carbons (Fsp3) is 0.611. The van der Waals surface area contributed by atoms with Crippen molar-refractivity contribution in [2.45, 2.75) is 72.9 Å². The van der Waals surface area contributed by atoms with Gasteiger partial charge in [-0.05, 0) is 51.7 Å². The van der Waals surface area contributed by atoms with Gasteiger partial charge in [0.1, 0.15) is 0 Å². The molecule has 0 heterocycles. The summed E-state index contributed by atoms with van der Waals surface area (Å²) in [6.45, 7) is 9.07. The molecule has 0 radical (unpaired) electrons. The minimum absolute atomic E-state index is 0.616. The van der Waals surface area contributed by atoms with E-state index in [-0.39, 0.29) is 0 Å². The van der Waals surface area contributed by atoms with Gasteiger partial charge < -0.3 is 0 Å². The van der Waals surface area contributed by atoms with Crippen LogP contribution in [0.25, 0.3) is 0 Å². The molecule has 0 aromatic heterocycles. The molecule has 0 aliphatic carbocycles. The van der Waals surface area contributed by atoms with Crippen LogP contribution >= 0.6 is 0 Å². The molecule has 0 aliphatic heterocycles. The van der Waals surface area contributed by atoms with Crippen LogP contribution in [0.1, 0.15) is 66.7 Å². The van der Waals surface area contributed by atoms with Crippen molar-refractivity contribution in [2.75, 3.05) is 0 Å². The first-order valence-electron chi connectivity index (χ1n) is 7.89. The molecule has 0 N–H and O–H groups in total. The molecule has 126 valence electrons. The third-order valence-corrected chi connectivity index (χ3v) is 3.29. The topological polar surface area (TPSA) is 12.4 Å². The van der Waals surface area contributed by atoms with Crippen molar-refractivity contribution in [1.29, 1.82) is 0 Å². The monoisotopic (exact) mass is 315 g/mol. The van der Waals surface area contributed by atoms with Crippen molar-refractivity contribution in [1.82, 2.24) is 0 Å². The molecular formula is C18H28F3N. The van der Waals surface area contributed by atoms with Crippen molar-refractivity contribution >= 4 is 5.71 Å². The smallest absolute Gasteiger partial charge is 0.258 e. The van der Waals surface area contributed by atoms with Gasteiger partial charge in [0.25, 0.3) is 0 Å². The molecule has 0 atom stereocenters. The lowest BCUT2D eigenvalue weighted by molar-refractivity contribution is -0.0912. The minimum atomic E-state index is -4.29. The van der Waals surface area contributed by atoms with Gasteiger partial charge >= 0.3 is 6.18 Å². The van der Waals surface area contributed by atoms with E-state index >= 15 is 0 Å². The summed E-state index contributed by atoms with van der Waals surface area (Å²) in [5, 5.41) is 0. The molecule has 0 aliphatic rings. The maximum Gasteiger partial charge on any atom is 0.412 e. The molecule has 0 unspecified atom stereocenters. The van der Waals surface area contributed by atoms with Gasteiger partial charge in [-0.25, -0.2) is 0 Å². The van der Waals surface area contributed by atoms with E-state index in [4.69, 9.17) is 0 Å². The standard InChI is InChI=1S/C18H28F3N/c1-6-8-10-14(3)17(22-16(5)11-9-7-2)13-12-15(4)18(19,20)21/h10,12-13H,6-9,11H2,1-5H3/b14-10+,15-12+,17-13+,22-16?. The summed E-state index contributed by atoms with van der Waals surface area (Å²) in [5.41, 5.74) is 1.87. The fourth-order valence-electron chi connectivity index (χ4n) is 1.71. The molecule has 0 aromatic rings. The Morgan fingerprint density at radius 1 is 1.00 bits per heavy atom. The van der Waals surface area contributed by atoms with Gasteiger partial charge in [0.2, 0.25) is 0 Å². The van der Waals surface area contributed by atoms with Gasteiger partial charge in [-0.15, -0.1) is 0 Å². The van der Waals surface area contributed by atoms with Gasteiger partial charge in [0.05, 0.1) is 5.70 Å². The maximum atomic E-state index is 12.6. The number of rotatable bonds is 8. The van der Waals surface area contributed by atoms with Crippen LogP contribution in [0, 0.1) is 0 Å². The van der Waals surface area contributed by atoms with Crippen LogP contribution < -0.4 is 0 Å². The van der Waals surface area contributed by atoms with E-state index in [1.807, 2.05) is 19.9 Å². The number of halogens is 3. The second-order valence-corrected chi connectivity index (χ2v) is 5.53. The molecule has 0 aromatic carbocycles. The highest BCUT2D eigenvalue weighted by Gasteiger charge is 2.29. The predicted octanol–water partition coefficient (Wildman–Crippen LogP) is 6.78. The third kappa shape index (κ3) is 8.85. The summed E-state index contributed by atoms with van der Waals surface area (Å²) in [5.74, 6) is 0. The van der Waals surface area contributed by atoms with Crippen LogP contribution in [0.4, 0.5) is 13.2 Å². The van der Waals surface area contributed by atoms with Gasteiger partial charge in [-0.3, -0.25) is 4.99 Å². The van der Waals surface area contributed by atoms with Crippen LogP contribution in [0.3, 0.4) is 0 Å². The Labute approximate surface area is 132 Å². The first-order chi connectivity index (χ1) is 10.2. The molecule has 0 spiro atoms. The highest BCUT2D eigenvalue weighted by Crippen LogP contribution is 2.25. The zero-order valence-electron chi connectivity index (χ0n) is 14.3. The van der Waals surface area contributed by atoms with Crippen molar-refractivity contribution < 1.29 is 13.2 Å². The fourth-order valence-corrected chi connectivity index (χ4v) is 1.71. The lowest BCUT2D eigenvalue weighted by Crippen LogP contribution is -2.08. The van der Waals surface area contributed by atoms with Crippen LogP contribution in [-0.2, 0) is 0 Å². The Kier molecular flexibility index (Phi) is 9.79. The molecule has 0 saturated carbocycles. The number of alkyl halides is 3. The van der Waals surface area contributed by atoms with Crippen LogP contribution in [0.2, 0.25) is 0 Å². The number of nitrogens with zero attached hydrogens (tertiary/aromatic N) is 1. The lowest BCUT2D eigenvalue weighted by atomic mass is 10.1. The summed E-state index contributed by atoms with van der Waals surface area (Å²) in [6, 6.07) is 0. The number of aliphatic imine (C=N–C) groups is 1. The van der Waals surface area contributed by atoms with Crippen LogP contribution in [0.15, 0.2) is 40.1 Å². The highest BCUT2D eigenvalue weighted by atomic mass is 19.4. The van der Waals surface area contributed by atoms with Crippen LogP contribution in [0.5, 0.6) is 0 Å². The zero-order chi connectivity index (χ0) is 17.2. The number of allylic oxidation sites excluding steroid dienone is 5. The molecule has 0 saturated heterocycles.